The highest BCUT2D eigenvalue weighted by Crippen LogP contribution is 2.29. The normalized spacial score (nSPS) is 18.5. The second-order valence-corrected chi connectivity index (χ2v) is 8.91. The van der Waals surface area contributed by atoms with E-state index in [-0.39, 0.29) is 18.6 Å². The van der Waals surface area contributed by atoms with Gasteiger partial charge in [-0.15, -0.1) is 0 Å². The Morgan fingerprint density at radius 1 is 1.06 bits per heavy atom. The summed E-state index contributed by atoms with van der Waals surface area (Å²) in [7, 11) is 0. The molecule has 0 N–H and O–H groups in total. The number of ether oxygens (including phenoxy) is 3. The lowest BCUT2D eigenvalue weighted by atomic mass is 10.0. The number of Topliss-reactive ketones (excluding diaryl/α,β-unsaturated/α-hetero) is 1. The summed E-state index contributed by atoms with van der Waals surface area (Å²) < 4.78 is 16.2. The van der Waals surface area contributed by atoms with Crippen LogP contribution in [0.15, 0.2) is 60.8 Å². The van der Waals surface area contributed by atoms with Crippen LogP contribution in [0.1, 0.15) is 43.0 Å². The average molecular weight is 499 g/mol. The van der Waals surface area contributed by atoms with Crippen molar-refractivity contribution in [3.8, 4) is 0 Å². The summed E-state index contributed by atoms with van der Waals surface area (Å²) in [5, 5.41) is 0.673. The van der Waals surface area contributed by atoms with E-state index in [1.165, 1.54) is 0 Å². The van der Waals surface area contributed by atoms with Gasteiger partial charge in [0.05, 0.1) is 11.8 Å². The third-order valence-electron chi connectivity index (χ3n) is 5.95. The number of ketones is 1. The number of esters is 2. The van der Waals surface area contributed by atoms with E-state index >= 15 is 0 Å². The van der Waals surface area contributed by atoms with Crippen molar-refractivity contribution in [2.24, 2.45) is 0 Å². The van der Waals surface area contributed by atoms with Crippen molar-refractivity contribution >= 4 is 29.3 Å². The Morgan fingerprint density at radius 2 is 1.74 bits per heavy atom. The minimum atomic E-state index is -1.47. The van der Waals surface area contributed by atoms with Crippen LogP contribution in [0.5, 0.6) is 0 Å². The van der Waals surface area contributed by atoms with Crippen LogP contribution in [0.4, 0.5) is 0 Å². The highest BCUT2D eigenvalue weighted by molar-refractivity contribution is 6.30. The van der Waals surface area contributed by atoms with Gasteiger partial charge in [0, 0.05) is 42.9 Å². The molecule has 1 aromatic heterocycles. The van der Waals surface area contributed by atoms with Crippen molar-refractivity contribution in [1.29, 1.82) is 0 Å². The van der Waals surface area contributed by atoms with E-state index in [2.05, 4.69) is 9.88 Å². The first-order valence-electron chi connectivity index (χ1n) is 11.6. The zero-order chi connectivity index (χ0) is 24.6. The molecular formula is C26H27ClN2O6. The fourth-order valence-corrected chi connectivity index (χ4v) is 4.25. The summed E-state index contributed by atoms with van der Waals surface area (Å²) in [5.74, 6) is -1.95. The number of cyclic esters (lactones) is 2. The standard InChI is InChI=1S/C26H27ClN2O6/c27-19-8-6-18(7-9-19)25(21-4-1-2-14-28-21)33-20-12-16-29(17-13-20)15-3-5-22(30)26-34-23(31)10-11-24(32)35-26/h1-2,4,6-11,14,20,25-26H,3,5,12-13,15-17H2. The highest BCUT2D eigenvalue weighted by atomic mass is 35.5. The summed E-state index contributed by atoms with van der Waals surface area (Å²) in [5.41, 5.74) is 1.86. The van der Waals surface area contributed by atoms with E-state index in [1.807, 2.05) is 42.5 Å². The van der Waals surface area contributed by atoms with Gasteiger partial charge in [0.15, 0.2) is 0 Å². The molecule has 9 heteroatoms. The predicted molar refractivity (Wildman–Crippen MR) is 127 cm³/mol. The van der Waals surface area contributed by atoms with Crippen molar-refractivity contribution in [3.63, 3.8) is 0 Å². The molecule has 184 valence electrons. The van der Waals surface area contributed by atoms with Crippen LogP contribution in [0, 0.1) is 0 Å². The molecule has 1 unspecified atom stereocenters. The van der Waals surface area contributed by atoms with Crippen molar-refractivity contribution < 1.29 is 28.6 Å². The number of hydrogen-bond acceptors (Lipinski definition) is 8. The Hall–Kier alpha value is -3.07. The molecule has 0 radical (unpaired) electrons. The first-order valence-corrected chi connectivity index (χ1v) is 12.0. The number of aromatic nitrogens is 1. The monoisotopic (exact) mass is 498 g/mol. The van der Waals surface area contributed by atoms with Crippen LogP contribution in [-0.2, 0) is 28.6 Å². The number of piperidine rings is 1. The summed E-state index contributed by atoms with van der Waals surface area (Å²) in [6.07, 6.45) is 4.43. The topological polar surface area (TPSA) is 95.0 Å². The van der Waals surface area contributed by atoms with Gasteiger partial charge in [-0.3, -0.25) is 9.78 Å². The SMILES string of the molecule is O=C1C=CC(=O)OC(C(=O)CCCN2CCC(OC(c3ccc(Cl)cc3)c3ccccn3)CC2)O1. The van der Waals surface area contributed by atoms with Crippen LogP contribution < -0.4 is 0 Å². The highest BCUT2D eigenvalue weighted by Gasteiger charge is 2.29. The molecule has 1 atom stereocenters. The zero-order valence-corrected chi connectivity index (χ0v) is 19.9. The van der Waals surface area contributed by atoms with Crippen LogP contribution in [-0.4, -0.2) is 59.6 Å². The molecule has 3 heterocycles. The van der Waals surface area contributed by atoms with E-state index < -0.39 is 24.0 Å². The number of carbonyl (C=O) groups excluding carboxylic acids is 3. The lowest BCUT2D eigenvalue weighted by Gasteiger charge is -2.34. The van der Waals surface area contributed by atoms with Crippen molar-refractivity contribution in [1.82, 2.24) is 9.88 Å². The van der Waals surface area contributed by atoms with Crippen LogP contribution in [0.25, 0.3) is 0 Å². The molecule has 1 aromatic carbocycles. The Kier molecular flexibility index (Phi) is 8.63. The van der Waals surface area contributed by atoms with E-state index in [0.717, 1.165) is 49.3 Å². The number of pyridine rings is 1. The molecule has 1 fully saturated rings. The quantitative estimate of drug-likeness (QED) is 0.484. The first-order chi connectivity index (χ1) is 17.0. The largest absolute Gasteiger partial charge is 0.414 e. The second kappa shape index (κ2) is 12.1. The summed E-state index contributed by atoms with van der Waals surface area (Å²) >= 11 is 6.07. The number of halogens is 1. The van der Waals surface area contributed by atoms with Crippen molar-refractivity contribution in [3.05, 3.63) is 77.1 Å². The minimum Gasteiger partial charge on any atom is -0.414 e. The van der Waals surface area contributed by atoms with Crippen LogP contribution >= 0.6 is 11.6 Å². The van der Waals surface area contributed by atoms with Gasteiger partial charge in [-0.05, 0) is 55.6 Å². The number of hydrogen-bond donors (Lipinski definition) is 0. The molecule has 2 aromatic rings. The van der Waals surface area contributed by atoms with Gasteiger partial charge >= 0.3 is 18.2 Å². The molecule has 0 amide bonds. The molecule has 0 spiro atoms. The number of likely N-dealkylation sites (tertiary alicyclic amines) is 1. The zero-order valence-electron chi connectivity index (χ0n) is 19.2. The van der Waals surface area contributed by atoms with Gasteiger partial charge in [0.25, 0.3) is 0 Å². The molecule has 35 heavy (non-hydrogen) atoms. The van der Waals surface area contributed by atoms with Crippen molar-refractivity contribution in [2.75, 3.05) is 19.6 Å². The molecule has 2 aliphatic rings. The molecule has 1 saturated heterocycles. The summed E-state index contributed by atoms with van der Waals surface area (Å²) in [6, 6.07) is 13.4. The maximum absolute atomic E-state index is 12.3. The third-order valence-corrected chi connectivity index (χ3v) is 6.21. The third kappa shape index (κ3) is 7.21. The number of benzene rings is 1. The maximum atomic E-state index is 12.3. The number of rotatable bonds is 9. The minimum absolute atomic E-state index is 0.0767. The molecule has 0 aliphatic carbocycles. The van der Waals surface area contributed by atoms with E-state index in [0.29, 0.717) is 18.0 Å². The molecule has 2 aliphatic heterocycles. The van der Waals surface area contributed by atoms with Crippen LogP contribution in [0.3, 0.4) is 0 Å². The lowest BCUT2D eigenvalue weighted by molar-refractivity contribution is -0.184. The number of carbonyl (C=O) groups is 3. The average Bonchev–Trinajstić information content (AvgIpc) is 3.05. The Bertz CT molecular complexity index is 1030. The van der Waals surface area contributed by atoms with E-state index in [1.54, 1.807) is 6.20 Å². The maximum Gasteiger partial charge on any atom is 0.334 e. The van der Waals surface area contributed by atoms with Gasteiger partial charge in [-0.2, -0.15) is 0 Å². The summed E-state index contributed by atoms with van der Waals surface area (Å²) in [6.45, 7) is 2.39. The van der Waals surface area contributed by atoms with Crippen molar-refractivity contribution in [2.45, 2.75) is 44.2 Å². The molecule has 0 saturated carbocycles. The fourth-order valence-electron chi connectivity index (χ4n) is 4.12. The van der Waals surface area contributed by atoms with Gasteiger partial charge in [0.2, 0.25) is 5.78 Å². The first kappa shape index (κ1) is 25.0. The Balaban J connectivity index is 1.25. The lowest BCUT2D eigenvalue weighted by Crippen LogP contribution is -2.38. The van der Waals surface area contributed by atoms with E-state index in [4.69, 9.17) is 25.8 Å². The van der Waals surface area contributed by atoms with Gasteiger partial charge in [0.1, 0.15) is 6.10 Å². The Morgan fingerprint density at radius 3 is 2.37 bits per heavy atom. The predicted octanol–water partition coefficient (Wildman–Crippen LogP) is 3.64. The number of nitrogens with zero attached hydrogens (tertiary/aromatic N) is 2. The fraction of sp³-hybridized carbons (Fsp3) is 0.385. The van der Waals surface area contributed by atoms with Gasteiger partial charge in [-0.25, -0.2) is 9.59 Å². The van der Waals surface area contributed by atoms with Gasteiger partial charge < -0.3 is 19.1 Å². The molecular weight excluding hydrogens is 472 g/mol. The second-order valence-electron chi connectivity index (χ2n) is 8.47. The molecule has 0 bridgehead atoms. The van der Waals surface area contributed by atoms with Gasteiger partial charge in [-0.1, -0.05) is 29.8 Å². The Labute approximate surface area is 208 Å². The summed E-state index contributed by atoms with van der Waals surface area (Å²) in [4.78, 5) is 42.0. The molecule has 8 nitrogen and oxygen atoms in total. The van der Waals surface area contributed by atoms with Crippen LogP contribution in [0.2, 0.25) is 5.02 Å². The van der Waals surface area contributed by atoms with E-state index in [9.17, 15) is 14.4 Å². The smallest absolute Gasteiger partial charge is 0.334 e. The molecule has 4 rings (SSSR count).